The molecular formula is C11H16N4O3. The van der Waals surface area contributed by atoms with Crippen LogP contribution in [0.3, 0.4) is 0 Å². The highest BCUT2D eigenvalue weighted by Crippen LogP contribution is 2.12. The van der Waals surface area contributed by atoms with Crippen molar-refractivity contribution in [1.82, 2.24) is 20.4 Å². The average Bonchev–Trinajstić information content (AvgIpc) is 2.68. The summed E-state index contributed by atoms with van der Waals surface area (Å²) in [7, 11) is 0. The Labute approximate surface area is 105 Å². The third-order valence-electron chi connectivity index (χ3n) is 2.80. The maximum atomic E-state index is 12.1. The van der Waals surface area contributed by atoms with Crippen LogP contribution in [0.25, 0.3) is 0 Å². The van der Waals surface area contributed by atoms with E-state index in [0.717, 1.165) is 0 Å². The summed E-state index contributed by atoms with van der Waals surface area (Å²) in [6.07, 6.45) is 0. The monoisotopic (exact) mass is 252 g/mol. The Hall–Kier alpha value is -1.92. The number of rotatable bonds is 3. The van der Waals surface area contributed by atoms with Gasteiger partial charge in [-0.05, 0) is 5.92 Å². The van der Waals surface area contributed by atoms with Gasteiger partial charge in [0.2, 0.25) is 17.7 Å². The van der Waals surface area contributed by atoms with Crippen LogP contribution >= 0.6 is 0 Å². The number of carbonyl (C=O) groups is 2. The van der Waals surface area contributed by atoms with Gasteiger partial charge in [-0.15, -0.1) is 0 Å². The molecule has 1 aliphatic heterocycles. The number of aromatic nitrogens is 2. The molecular weight excluding hydrogens is 236 g/mol. The quantitative estimate of drug-likeness (QED) is 0.809. The topological polar surface area (TPSA) is 88.3 Å². The lowest BCUT2D eigenvalue weighted by atomic mass is 10.0. The lowest BCUT2D eigenvalue weighted by molar-refractivity contribution is -0.146. The van der Waals surface area contributed by atoms with Gasteiger partial charge in [0.05, 0.1) is 6.54 Å². The van der Waals surface area contributed by atoms with Gasteiger partial charge < -0.3 is 14.7 Å². The van der Waals surface area contributed by atoms with E-state index in [1.165, 1.54) is 4.90 Å². The van der Waals surface area contributed by atoms with Gasteiger partial charge in [0.25, 0.3) is 0 Å². The largest absolute Gasteiger partial charge is 0.343 e. The fourth-order valence-electron chi connectivity index (χ4n) is 1.89. The van der Waals surface area contributed by atoms with Crippen molar-refractivity contribution in [2.24, 2.45) is 5.92 Å². The lowest BCUT2D eigenvalue weighted by Gasteiger charge is -2.33. The second kappa shape index (κ2) is 4.75. The molecule has 2 amide bonds. The van der Waals surface area contributed by atoms with Gasteiger partial charge in [0.15, 0.2) is 5.82 Å². The number of hydrogen-bond acceptors (Lipinski definition) is 5. The first-order chi connectivity index (χ1) is 8.47. The summed E-state index contributed by atoms with van der Waals surface area (Å²) < 4.78 is 4.84. The zero-order valence-corrected chi connectivity index (χ0v) is 10.6. The van der Waals surface area contributed by atoms with Gasteiger partial charge in [0.1, 0.15) is 12.6 Å². The molecule has 1 aromatic rings. The molecule has 0 spiro atoms. The van der Waals surface area contributed by atoms with Crippen molar-refractivity contribution in [2.45, 2.75) is 33.4 Å². The summed E-state index contributed by atoms with van der Waals surface area (Å²) in [6, 6.07) is -0.473. The minimum Gasteiger partial charge on any atom is -0.343 e. The maximum Gasteiger partial charge on any atom is 0.246 e. The Kier molecular flexibility index (Phi) is 3.31. The maximum absolute atomic E-state index is 12.1. The van der Waals surface area contributed by atoms with Crippen molar-refractivity contribution in [3.63, 3.8) is 0 Å². The predicted octanol–water partition coefficient (Wildman–Crippen LogP) is -0.139. The van der Waals surface area contributed by atoms with E-state index >= 15 is 0 Å². The molecule has 18 heavy (non-hydrogen) atoms. The molecule has 0 saturated carbocycles. The third-order valence-corrected chi connectivity index (χ3v) is 2.80. The summed E-state index contributed by atoms with van der Waals surface area (Å²) in [5.74, 6) is 0.647. The molecule has 1 aromatic heterocycles. The van der Waals surface area contributed by atoms with Gasteiger partial charge in [-0.1, -0.05) is 19.0 Å². The van der Waals surface area contributed by atoms with Crippen molar-refractivity contribution >= 4 is 11.8 Å². The molecule has 1 saturated heterocycles. The Balaban J connectivity index is 2.11. The van der Waals surface area contributed by atoms with E-state index in [2.05, 4.69) is 15.5 Å². The molecule has 0 aliphatic carbocycles. The number of aryl methyl sites for hydroxylation is 1. The molecule has 2 heterocycles. The third kappa shape index (κ3) is 2.49. The summed E-state index contributed by atoms with van der Waals surface area (Å²) in [5, 5.41) is 6.42. The summed E-state index contributed by atoms with van der Waals surface area (Å²) in [5.41, 5.74) is 0. The van der Waals surface area contributed by atoms with Crippen LogP contribution in [0.4, 0.5) is 0 Å². The van der Waals surface area contributed by atoms with Crippen LogP contribution in [-0.2, 0) is 16.1 Å². The summed E-state index contributed by atoms with van der Waals surface area (Å²) in [4.78, 5) is 29.2. The summed E-state index contributed by atoms with van der Waals surface area (Å²) >= 11 is 0. The van der Waals surface area contributed by atoms with E-state index in [-0.39, 0.29) is 30.8 Å². The van der Waals surface area contributed by atoms with Crippen LogP contribution in [0.2, 0.25) is 0 Å². The molecule has 1 fully saturated rings. The van der Waals surface area contributed by atoms with E-state index in [0.29, 0.717) is 11.7 Å². The fourth-order valence-corrected chi connectivity index (χ4v) is 1.89. The Morgan fingerprint density at radius 1 is 1.50 bits per heavy atom. The first-order valence-electron chi connectivity index (χ1n) is 5.84. The molecule has 0 bridgehead atoms. The number of piperazine rings is 1. The first-order valence-corrected chi connectivity index (χ1v) is 5.84. The van der Waals surface area contributed by atoms with Gasteiger partial charge in [-0.3, -0.25) is 9.59 Å². The van der Waals surface area contributed by atoms with Gasteiger partial charge in [0, 0.05) is 6.92 Å². The van der Waals surface area contributed by atoms with Crippen LogP contribution in [0.1, 0.15) is 25.6 Å². The number of hydrogen-bond donors (Lipinski definition) is 1. The van der Waals surface area contributed by atoms with Gasteiger partial charge >= 0.3 is 0 Å². The number of carbonyl (C=O) groups excluding carboxylic acids is 2. The van der Waals surface area contributed by atoms with Crippen LogP contribution in [-0.4, -0.2) is 39.4 Å². The number of nitrogens with one attached hydrogen (secondary N) is 1. The van der Waals surface area contributed by atoms with Crippen molar-refractivity contribution < 1.29 is 14.1 Å². The normalized spacial score (nSPS) is 20.4. The molecule has 7 heteroatoms. The molecule has 1 atom stereocenters. The van der Waals surface area contributed by atoms with E-state index in [1.54, 1.807) is 6.92 Å². The molecule has 98 valence electrons. The fraction of sp³-hybridized carbons (Fsp3) is 0.636. The number of nitrogens with zero attached hydrogens (tertiary/aromatic N) is 3. The minimum absolute atomic E-state index is 0.0373. The molecule has 1 unspecified atom stereocenters. The molecule has 1 aliphatic rings. The highest BCUT2D eigenvalue weighted by molar-refractivity contribution is 5.94. The highest BCUT2D eigenvalue weighted by Gasteiger charge is 2.34. The average molecular weight is 252 g/mol. The second-order valence-electron chi connectivity index (χ2n) is 4.71. The Morgan fingerprint density at radius 3 is 2.78 bits per heavy atom. The smallest absolute Gasteiger partial charge is 0.246 e. The zero-order valence-electron chi connectivity index (χ0n) is 10.6. The van der Waals surface area contributed by atoms with Gasteiger partial charge in [-0.2, -0.15) is 4.98 Å². The first kappa shape index (κ1) is 12.5. The van der Waals surface area contributed by atoms with Crippen LogP contribution < -0.4 is 5.32 Å². The Bertz CT molecular complexity index is 469. The van der Waals surface area contributed by atoms with Crippen LogP contribution in [0.5, 0.6) is 0 Å². The summed E-state index contributed by atoms with van der Waals surface area (Å²) in [6.45, 7) is 5.70. The number of amides is 2. The SMILES string of the molecule is Cc1nc(CN2CC(=O)NC(C(C)C)C2=O)no1. The van der Waals surface area contributed by atoms with Crippen molar-refractivity contribution in [3.8, 4) is 0 Å². The Morgan fingerprint density at radius 2 is 2.22 bits per heavy atom. The molecule has 0 aromatic carbocycles. The molecule has 1 N–H and O–H groups in total. The molecule has 2 rings (SSSR count). The minimum atomic E-state index is -0.473. The lowest BCUT2D eigenvalue weighted by Crippen LogP contribution is -2.59. The van der Waals surface area contributed by atoms with E-state index in [4.69, 9.17) is 4.52 Å². The van der Waals surface area contributed by atoms with Crippen molar-refractivity contribution in [3.05, 3.63) is 11.7 Å². The second-order valence-corrected chi connectivity index (χ2v) is 4.71. The van der Waals surface area contributed by atoms with Crippen LogP contribution in [0, 0.1) is 12.8 Å². The van der Waals surface area contributed by atoms with Crippen molar-refractivity contribution in [2.75, 3.05) is 6.54 Å². The standard InChI is InChI=1S/C11H16N4O3/c1-6(2)10-11(17)15(5-9(16)13-10)4-8-12-7(3)18-14-8/h6,10H,4-5H2,1-3H3,(H,13,16). The van der Waals surface area contributed by atoms with Gasteiger partial charge in [-0.25, -0.2) is 0 Å². The molecule has 7 nitrogen and oxygen atoms in total. The molecule has 0 radical (unpaired) electrons. The van der Waals surface area contributed by atoms with E-state index in [1.807, 2.05) is 13.8 Å². The zero-order chi connectivity index (χ0) is 13.3. The van der Waals surface area contributed by atoms with Crippen molar-refractivity contribution in [1.29, 1.82) is 0 Å². The van der Waals surface area contributed by atoms with Crippen LogP contribution in [0.15, 0.2) is 4.52 Å². The van der Waals surface area contributed by atoms with E-state index in [9.17, 15) is 9.59 Å². The highest BCUT2D eigenvalue weighted by atomic mass is 16.5. The predicted molar refractivity (Wildman–Crippen MR) is 61.2 cm³/mol. The van der Waals surface area contributed by atoms with E-state index < -0.39 is 6.04 Å².